The Balaban J connectivity index is 2.37. The number of nitrogens with zero attached hydrogens (tertiary/aromatic N) is 1. The smallest absolute Gasteiger partial charge is 0.248 e. The maximum absolute atomic E-state index is 11.7. The molecule has 0 atom stereocenters. The summed E-state index contributed by atoms with van der Waals surface area (Å²) >= 11 is 1.64. The van der Waals surface area contributed by atoms with Crippen molar-refractivity contribution in [2.45, 2.75) is 32.9 Å². The molecule has 0 aromatic carbocycles. The van der Waals surface area contributed by atoms with Gasteiger partial charge in [-0.1, -0.05) is 0 Å². The van der Waals surface area contributed by atoms with E-state index in [2.05, 4.69) is 0 Å². The van der Waals surface area contributed by atoms with Crippen LogP contribution in [0.2, 0.25) is 0 Å². The van der Waals surface area contributed by atoms with Crippen molar-refractivity contribution in [3.63, 3.8) is 0 Å². The summed E-state index contributed by atoms with van der Waals surface area (Å²) in [4.78, 5) is 13.4. The summed E-state index contributed by atoms with van der Waals surface area (Å²) in [5.74, 6) is 0.0149. The minimum Gasteiger partial charge on any atom is -0.366 e. The fraction of sp³-hybridized carbons (Fsp3) is 0.583. The number of amides is 1. The van der Waals surface area contributed by atoms with Gasteiger partial charge in [-0.05, 0) is 43.2 Å². The van der Waals surface area contributed by atoms with Gasteiger partial charge in [-0.25, -0.2) is 0 Å². The van der Waals surface area contributed by atoms with Crippen molar-refractivity contribution in [2.75, 3.05) is 13.7 Å². The molecule has 3 nitrogen and oxygen atoms in total. The van der Waals surface area contributed by atoms with Crippen LogP contribution in [0.3, 0.4) is 0 Å². The first kappa shape index (κ1) is 13.2. The molecule has 0 fully saturated rings. The Bertz CT molecular complexity index is 327. The third-order valence-corrected chi connectivity index (χ3v) is 2.79. The summed E-state index contributed by atoms with van der Waals surface area (Å²) in [6, 6.07) is 2.03. The molecule has 0 N–H and O–H groups in total. The van der Waals surface area contributed by atoms with Crippen molar-refractivity contribution in [3.05, 3.63) is 22.4 Å². The molecule has 16 heavy (non-hydrogen) atoms. The molecule has 1 rings (SSSR count). The largest absolute Gasteiger partial charge is 0.366 e. The molecule has 1 heterocycles. The Labute approximate surface area is 101 Å². The number of carbonyl (C=O) groups excluding carboxylic acids is 1. The van der Waals surface area contributed by atoms with Crippen LogP contribution in [-0.4, -0.2) is 30.1 Å². The normalized spacial score (nSPS) is 11.5. The molecule has 0 bridgehead atoms. The summed E-state index contributed by atoms with van der Waals surface area (Å²) in [5.41, 5.74) is 0.899. The first-order chi connectivity index (χ1) is 7.38. The lowest BCUT2D eigenvalue weighted by atomic mass is 10.2. The van der Waals surface area contributed by atoms with E-state index in [0.29, 0.717) is 6.54 Å². The number of carbonyl (C=O) groups is 1. The fourth-order valence-corrected chi connectivity index (χ4v) is 1.79. The number of thiophene rings is 1. The Morgan fingerprint density at radius 2 is 2.19 bits per heavy atom. The zero-order valence-corrected chi connectivity index (χ0v) is 11.1. The average molecular weight is 241 g/mol. The minimum atomic E-state index is -0.265. The minimum absolute atomic E-state index is 0.0149. The molecule has 4 heteroatoms. The molecule has 0 saturated carbocycles. The zero-order valence-electron chi connectivity index (χ0n) is 10.3. The molecule has 0 unspecified atom stereocenters. The topological polar surface area (TPSA) is 29.5 Å². The van der Waals surface area contributed by atoms with Gasteiger partial charge in [0.2, 0.25) is 5.91 Å². The molecule has 0 aliphatic heterocycles. The van der Waals surface area contributed by atoms with Crippen LogP contribution in [0.4, 0.5) is 0 Å². The Morgan fingerprint density at radius 3 is 2.69 bits per heavy atom. The van der Waals surface area contributed by atoms with Gasteiger partial charge < -0.3 is 9.64 Å². The van der Waals surface area contributed by atoms with E-state index in [-0.39, 0.29) is 18.1 Å². The van der Waals surface area contributed by atoms with Gasteiger partial charge in [-0.15, -0.1) is 0 Å². The van der Waals surface area contributed by atoms with Gasteiger partial charge in [0.25, 0.3) is 0 Å². The van der Waals surface area contributed by atoms with Crippen molar-refractivity contribution in [2.24, 2.45) is 0 Å². The van der Waals surface area contributed by atoms with Gasteiger partial charge >= 0.3 is 0 Å². The highest BCUT2D eigenvalue weighted by atomic mass is 32.1. The lowest BCUT2D eigenvalue weighted by Gasteiger charge is -2.22. The van der Waals surface area contributed by atoms with Crippen molar-refractivity contribution in [3.8, 4) is 0 Å². The molecule has 0 aliphatic rings. The van der Waals surface area contributed by atoms with Crippen LogP contribution in [0.5, 0.6) is 0 Å². The van der Waals surface area contributed by atoms with E-state index in [4.69, 9.17) is 4.74 Å². The highest BCUT2D eigenvalue weighted by Crippen LogP contribution is 2.10. The second kappa shape index (κ2) is 5.46. The quantitative estimate of drug-likeness (QED) is 0.810. The van der Waals surface area contributed by atoms with E-state index in [1.54, 1.807) is 23.3 Å². The van der Waals surface area contributed by atoms with E-state index < -0.39 is 0 Å². The monoisotopic (exact) mass is 241 g/mol. The van der Waals surface area contributed by atoms with Gasteiger partial charge in [-0.2, -0.15) is 11.3 Å². The highest BCUT2D eigenvalue weighted by Gasteiger charge is 2.15. The van der Waals surface area contributed by atoms with Gasteiger partial charge in [0.1, 0.15) is 6.61 Å². The van der Waals surface area contributed by atoms with Gasteiger partial charge in [0, 0.05) is 13.6 Å². The summed E-state index contributed by atoms with van der Waals surface area (Å²) in [7, 11) is 1.80. The maximum atomic E-state index is 11.7. The Kier molecular flexibility index (Phi) is 4.50. The molecular formula is C12H19NO2S. The molecule has 90 valence electrons. The number of hydrogen-bond acceptors (Lipinski definition) is 3. The van der Waals surface area contributed by atoms with Crippen LogP contribution in [0.1, 0.15) is 26.3 Å². The van der Waals surface area contributed by atoms with Crippen LogP contribution >= 0.6 is 11.3 Å². The lowest BCUT2D eigenvalue weighted by molar-refractivity contribution is -0.140. The van der Waals surface area contributed by atoms with E-state index in [9.17, 15) is 4.79 Å². The Morgan fingerprint density at radius 1 is 1.50 bits per heavy atom. The van der Waals surface area contributed by atoms with E-state index >= 15 is 0 Å². The highest BCUT2D eigenvalue weighted by molar-refractivity contribution is 7.07. The van der Waals surface area contributed by atoms with E-state index in [1.807, 2.05) is 37.6 Å². The van der Waals surface area contributed by atoms with Crippen LogP contribution in [0, 0.1) is 0 Å². The molecule has 0 radical (unpaired) electrons. The summed E-state index contributed by atoms with van der Waals surface area (Å²) in [6.45, 7) is 6.62. The van der Waals surface area contributed by atoms with Crippen LogP contribution < -0.4 is 0 Å². The fourth-order valence-electron chi connectivity index (χ4n) is 1.13. The van der Waals surface area contributed by atoms with Crippen molar-refractivity contribution < 1.29 is 9.53 Å². The first-order valence-corrected chi connectivity index (χ1v) is 6.22. The summed E-state index contributed by atoms with van der Waals surface area (Å²) in [5, 5.41) is 4.06. The summed E-state index contributed by atoms with van der Waals surface area (Å²) in [6.07, 6.45) is 0. The predicted molar refractivity (Wildman–Crippen MR) is 66.5 cm³/mol. The third kappa shape index (κ3) is 4.77. The molecule has 0 spiro atoms. The number of rotatable bonds is 4. The zero-order chi connectivity index (χ0) is 12.2. The van der Waals surface area contributed by atoms with Crippen molar-refractivity contribution >= 4 is 17.2 Å². The second-order valence-electron chi connectivity index (χ2n) is 4.78. The SMILES string of the molecule is CN(Cc1ccsc1)C(=O)COC(C)(C)C. The maximum Gasteiger partial charge on any atom is 0.248 e. The second-order valence-corrected chi connectivity index (χ2v) is 5.56. The summed E-state index contributed by atoms with van der Waals surface area (Å²) < 4.78 is 5.44. The van der Waals surface area contributed by atoms with Crippen molar-refractivity contribution in [1.29, 1.82) is 0 Å². The van der Waals surface area contributed by atoms with Crippen LogP contribution in [0.25, 0.3) is 0 Å². The van der Waals surface area contributed by atoms with Crippen LogP contribution in [-0.2, 0) is 16.1 Å². The first-order valence-electron chi connectivity index (χ1n) is 5.27. The molecule has 0 aliphatic carbocycles. The molecule has 1 aromatic heterocycles. The van der Waals surface area contributed by atoms with Gasteiger partial charge in [0.15, 0.2) is 0 Å². The molecule has 1 amide bonds. The third-order valence-electron chi connectivity index (χ3n) is 2.05. The Hall–Kier alpha value is -0.870. The van der Waals surface area contributed by atoms with Crippen LogP contribution in [0.15, 0.2) is 16.8 Å². The van der Waals surface area contributed by atoms with Gasteiger partial charge in [-0.3, -0.25) is 4.79 Å². The van der Waals surface area contributed by atoms with Crippen molar-refractivity contribution in [1.82, 2.24) is 4.90 Å². The lowest BCUT2D eigenvalue weighted by Crippen LogP contribution is -2.33. The predicted octanol–water partition coefficient (Wildman–Crippen LogP) is 2.52. The molecule has 1 aromatic rings. The number of hydrogen-bond donors (Lipinski definition) is 0. The molecule has 0 saturated heterocycles. The van der Waals surface area contributed by atoms with E-state index in [1.165, 1.54) is 0 Å². The number of ether oxygens (including phenoxy) is 1. The van der Waals surface area contributed by atoms with Gasteiger partial charge in [0.05, 0.1) is 5.60 Å². The number of likely N-dealkylation sites (N-methyl/N-ethyl adjacent to an activating group) is 1. The average Bonchev–Trinajstić information content (AvgIpc) is 2.65. The standard InChI is InChI=1S/C12H19NO2S/c1-12(2,3)15-8-11(14)13(4)7-10-5-6-16-9-10/h5-6,9H,7-8H2,1-4H3. The van der Waals surface area contributed by atoms with E-state index in [0.717, 1.165) is 5.56 Å². The molecular weight excluding hydrogens is 222 g/mol.